The molecule has 0 aliphatic carbocycles. The van der Waals surface area contributed by atoms with E-state index in [1.54, 1.807) is 0 Å². The molecule has 0 aromatic heterocycles. The Morgan fingerprint density at radius 1 is 1.32 bits per heavy atom. The van der Waals surface area contributed by atoms with Gasteiger partial charge in [0.25, 0.3) is 0 Å². The lowest BCUT2D eigenvalue weighted by atomic mass is 9.79. The number of esters is 2. The summed E-state index contributed by atoms with van der Waals surface area (Å²) in [5, 5.41) is 0. The van der Waals surface area contributed by atoms with Crippen LogP contribution >= 0.6 is 0 Å². The van der Waals surface area contributed by atoms with E-state index in [0.29, 0.717) is 6.42 Å². The number of nitrogens with zero attached hydrogens (tertiary/aromatic N) is 1. The van der Waals surface area contributed by atoms with Crippen molar-refractivity contribution in [1.29, 1.82) is 0 Å². The molecule has 2 saturated heterocycles. The van der Waals surface area contributed by atoms with Crippen molar-refractivity contribution in [2.24, 2.45) is 5.41 Å². The highest BCUT2D eigenvalue weighted by Crippen LogP contribution is 2.45. The fourth-order valence-corrected chi connectivity index (χ4v) is 3.21. The molecule has 4 nitrogen and oxygen atoms in total. The van der Waals surface area contributed by atoms with Crippen LogP contribution in [-0.4, -0.2) is 29.4 Å². The Hall–Kier alpha value is -1.68. The van der Waals surface area contributed by atoms with Gasteiger partial charge in [0.2, 0.25) is 0 Å². The molecule has 2 fully saturated rings. The minimum absolute atomic E-state index is 0.0478. The maximum atomic E-state index is 11.9. The van der Waals surface area contributed by atoms with E-state index in [2.05, 4.69) is 17.0 Å². The fourth-order valence-electron chi connectivity index (χ4n) is 3.21. The number of cyclic esters (lactones) is 2. The molecule has 1 aromatic carbocycles. The second-order valence-electron chi connectivity index (χ2n) is 5.48. The number of carbonyl (C=O) groups excluding carboxylic acids is 2. The van der Waals surface area contributed by atoms with Crippen molar-refractivity contribution in [2.75, 3.05) is 6.54 Å². The molecule has 2 unspecified atom stereocenters. The summed E-state index contributed by atoms with van der Waals surface area (Å²) >= 11 is 0. The third-order valence-corrected chi connectivity index (χ3v) is 4.49. The Kier molecular flexibility index (Phi) is 2.90. The van der Waals surface area contributed by atoms with Crippen LogP contribution in [0.3, 0.4) is 0 Å². The summed E-state index contributed by atoms with van der Waals surface area (Å²) in [6, 6.07) is 10.2. The van der Waals surface area contributed by atoms with Crippen molar-refractivity contribution in [1.82, 2.24) is 4.90 Å². The maximum Gasteiger partial charge on any atom is 0.321 e. The van der Waals surface area contributed by atoms with E-state index in [1.165, 1.54) is 5.56 Å². The van der Waals surface area contributed by atoms with Crippen LogP contribution in [0.1, 0.15) is 25.3 Å². The van der Waals surface area contributed by atoms with Crippen LogP contribution in [0.2, 0.25) is 0 Å². The van der Waals surface area contributed by atoms with E-state index >= 15 is 0 Å². The van der Waals surface area contributed by atoms with Crippen LogP contribution in [0, 0.1) is 5.41 Å². The van der Waals surface area contributed by atoms with Gasteiger partial charge in [-0.25, -0.2) is 0 Å². The minimum atomic E-state index is -0.605. The van der Waals surface area contributed by atoms with Crippen molar-refractivity contribution in [3.05, 3.63) is 35.9 Å². The average molecular weight is 259 g/mol. The highest BCUT2D eigenvalue weighted by atomic mass is 16.6. The van der Waals surface area contributed by atoms with E-state index in [9.17, 15) is 9.59 Å². The molecule has 0 radical (unpaired) electrons. The number of hydrogen-bond acceptors (Lipinski definition) is 4. The molecular weight excluding hydrogens is 242 g/mol. The SMILES string of the molecule is CC1N(Cc2ccccc2)CCC12CC(=O)OC2=O. The molecule has 3 rings (SSSR count). The van der Waals surface area contributed by atoms with Gasteiger partial charge in [-0.15, -0.1) is 0 Å². The largest absolute Gasteiger partial charge is 0.393 e. The highest BCUT2D eigenvalue weighted by Gasteiger charge is 2.57. The molecule has 100 valence electrons. The van der Waals surface area contributed by atoms with Crippen LogP contribution in [-0.2, 0) is 20.9 Å². The van der Waals surface area contributed by atoms with Gasteiger partial charge in [0.1, 0.15) is 0 Å². The number of likely N-dealkylation sites (tertiary alicyclic amines) is 1. The lowest BCUT2D eigenvalue weighted by Crippen LogP contribution is -2.39. The molecule has 4 heteroatoms. The number of hydrogen-bond donors (Lipinski definition) is 0. The van der Waals surface area contributed by atoms with E-state index < -0.39 is 5.41 Å². The number of rotatable bonds is 2. The zero-order valence-electron chi connectivity index (χ0n) is 11.0. The van der Waals surface area contributed by atoms with Gasteiger partial charge in [-0.3, -0.25) is 14.5 Å². The molecule has 0 bridgehead atoms. The Balaban J connectivity index is 1.77. The molecule has 1 aromatic rings. The van der Waals surface area contributed by atoms with Crippen LogP contribution < -0.4 is 0 Å². The van der Waals surface area contributed by atoms with E-state index in [1.807, 2.05) is 25.1 Å². The summed E-state index contributed by atoms with van der Waals surface area (Å²) in [5.41, 5.74) is 0.621. The molecule has 2 heterocycles. The molecule has 2 atom stereocenters. The van der Waals surface area contributed by atoms with Gasteiger partial charge in [0, 0.05) is 12.6 Å². The maximum absolute atomic E-state index is 11.9. The number of benzene rings is 1. The topological polar surface area (TPSA) is 46.6 Å². The smallest absolute Gasteiger partial charge is 0.321 e. The van der Waals surface area contributed by atoms with Gasteiger partial charge < -0.3 is 4.74 Å². The minimum Gasteiger partial charge on any atom is -0.393 e. The average Bonchev–Trinajstić information content (AvgIpc) is 2.86. The Morgan fingerprint density at radius 2 is 2.05 bits per heavy atom. The molecule has 0 saturated carbocycles. The lowest BCUT2D eigenvalue weighted by Gasteiger charge is -2.28. The first-order chi connectivity index (χ1) is 9.12. The third-order valence-electron chi connectivity index (χ3n) is 4.49. The van der Waals surface area contributed by atoms with Crippen molar-refractivity contribution < 1.29 is 14.3 Å². The molecule has 1 spiro atoms. The standard InChI is InChI=1S/C15H17NO3/c1-11-15(9-13(17)19-14(15)18)7-8-16(11)10-12-5-3-2-4-6-12/h2-6,11H,7-10H2,1H3. The predicted octanol–water partition coefficient (Wildman–Crippen LogP) is 1.74. The van der Waals surface area contributed by atoms with Crippen LogP contribution in [0.4, 0.5) is 0 Å². The van der Waals surface area contributed by atoms with E-state index in [0.717, 1.165) is 13.1 Å². The monoisotopic (exact) mass is 259 g/mol. The zero-order valence-corrected chi connectivity index (χ0v) is 11.0. The molecule has 2 aliphatic heterocycles. The first kappa shape index (κ1) is 12.4. The van der Waals surface area contributed by atoms with Crippen molar-refractivity contribution in [2.45, 2.75) is 32.4 Å². The second-order valence-corrected chi connectivity index (χ2v) is 5.48. The van der Waals surface area contributed by atoms with Crippen LogP contribution in [0.15, 0.2) is 30.3 Å². The van der Waals surface area contributed by atoms with Crippen molar-refractivity contribution in [3.8, 4) is 0 Å². The molecule has 2 aliphatic rings. The molecule has 0 amide bonds. The second kappa shape index (κ2) is 4.46. The highest BCUT2D eigenvalue weighted by molar-refractivity contribution is 5.98. The van der Waals surface area contributed by atoms with Gasteiger partial charge in [-0.05, 0) is 25.5 Å². The quantitative estimate of drug-likeness (QED) is 0.599. The molecule has 19 heavy (non-hydrogen) atoms. The van der Waals surface area contributed by atoms with Gasteiger partial charge in [-0.1, -0.05) is 30.3 Å². The number of carbonyl (C=O) groups is 2. The van der Waals surface area contributed by atoms with Gasteiger partial charge in [0.05, 0.1) is 11.8 Å². The summed E-state index contributed by atoms with van der Waals surface area (Å²) in [6.45, 7) is 3.67. The summed E-state index contributed by atoms with van der Waals surface area (Å²) in [6.07, 6.45) is 0.948. The van der Waals surface area contributed by atoms with Crippen LogP contribution in [0.5, 0.6) is 0 Å². The van der Waals surface area contributed by atoms with E-state index in [-0.39, 0.29) is 24.4 Å². The van der Waals surface area contributed by atoms with Crippen LogP contribution in [0.25, 0.3) is 0 Å². The first-order valence-electron chi connectivity index (χ1n) is 6.65. The molecular formula is C15H17NO3. The third kappa shape index (κ3) is 1.96. The molecule has 0 N–H and O–H groups in total. The zero-order chi connectivity index (χ0) is 13.5. The van der Waals surface area contributed by atoms with Crippen molar-refractivity contribution >= 4 is 11.9 Å². The normalized spacial score (nSPS) is 31.1. The first-order valence-corrected chi connectivity index (χ1v) is 6.65. The van der Waals surface area contributed by atoms with Gasteiger partial charge in [0.15, 0.2) is 0 Å². The Labute approximate surface area is 112 Å². The lowest BCUT2D eigenvalue weighted by molar-refractivity contribution is -0.155. The van der Waals surface area contributed by atoms with Gasteiger partial charge in [-0.2, -0.15) is 0 Å². The Bertz CT molecular complexity index is 513. The van der Waals surface area contributed by atoms with Crippen molar-refractivity contribution in [3.63, 3.8) is 0 Å². The Morgan fingerprint density at radius 3 is 2.68 bits per heavy atom. The number of ether oxygens (including phenoxy) is 1. The van der Waals surface area contributed by atoms with E-state index in [4.69, 9.17) is 4.74 Å². The predicted molar refractivity (Wildman–Crippen MR) is 69.1 cm³/mol. The summed E-state index contributed by atoms with van der Waals surface area (Å²) < 4.78 is 4.76. The fraction of sp³-hybridized carbons (Fsp3) is 0.467. The summed E-state index contributed by atoms with van der Waals surface area (Å²) in [7, 11) is 0. The summed E-state index contributed by atoms with van der Waals surface area (Å²) in [4.78, 5) is 25.6. The summed E-state index contributed by atoms with van der Waals surface area (Å²) in [5.74, 6) is -0.709. The van der Waals surface area contributed by atoms with Gasteiger partial charge >= 0.3 is 11.9 Å².